The number of carbonyl (C=O) groups excluding carboxylic acids is 1. The fraction of sp³-hybridized carbons (Fsp3) is 0.462. The number of anilines is 1. The molecule has 1 atom stereocenters. The van der Waals surface area contributed by atoms with E-state index in [1.165, 1.54) is 0 Å². The van der Waals surface area contributed by atoms with Crippen molar-refractivity contribution in [3.8, 4) is 0 Å². The minimum absolute atomic E-state index is 0.0268. The molecule has 0 spiro atoms. The predicted octanol–water partition coefficient (Wildman–Crippen LogP) is 2.29. The second-order valence-electron chi connectivity index (χ2n) is 4.01. The molecule has 100 valence electrons. The van der Waals surface area contributed by atoms with Gasteiger partial charge in [-0.1, -0.05) is 11.6 Å². The molecular weight excluding hydrogens is 252 g/mol. The molecule has 1 aromatic carbocycles. The number of rotatable bonds is 7. The van der Waals surface area contributed by atoms with Crippen LogP contribution in [-0.2, 0) is 9.53 Å². The standard InChI is InChI=1S/C13H19ClN2O2/c1-10(13(17)15-8-3-9-18-2)16-12-6-4-11(14)5-7-12/h4-7,10,16H,3,8-9H2,1-2H3,(H,15,17). The molecule has 0 radical (unpaired) electrons. The van der Waals surface area contributed by atoms with Gasteiger partial charge in [0.15, 0.2) is 0 Å². The van der Waals surface area contributed by atoms with Gasteiger partial charge >= 0.3 is 0 Å². The monoisotopic (exact) mass is 270 g/mol. The van der Waals surface area contributed by atoms with Gasteiger partial charge in [-0.25, -0.2) is 0 Å². The molecule has 0 saturated heterocycles. The van der Waals surface area contributed by atoms with Crippen LogP contribution < -0.4 is 10.6 Å². The molecule has 0 aliphatic rings. The van der Waals surface area contributed by atoms with Crippen LogP contribution in [0.25, 0.3) is 0 Å². The first-order chi connectivity index (χ1) is 8.63. The fourth-order valence-corrected chi connectivity index (χ4v) is 1.57. The van der Waals surface area contributed by atoms with Crippen LogP contribution in [0.4, 0.5) is 5.69 Å². The highest BCUT2D eigenvalue weighted by molar-refractivity contribution is 6.30. The molecule has 0 saturated carbocycles. The van der Waals surface area contributed by atoms with Crippen molar-refractivity contribution < 1.29 is 9.53 Å². The Kier molecular flexibility index (Phi) is 6.54. The van der Waals surface area contributed by atoms with Crippen molar-refractivity contribution in [3.05, 3.63) is 29.3 Å². The number of halogens is 1. The van der Waals surface area contributed by atoms with E-state index >= 15 is 0 Å². The van der Waals surface area contributed by atoms with Crippen molar-refractivity contribution in [1.29, 1.82) is 0 Å². The van der Waals surface area contributed by atoms with Gasteiger partial charge in [-0.05, 0) is 37.6 Å². The van der Waals surface area contributed by atoms with Gasteiger partial charge in [0.25, 0.3) is 0 Å². The molecule has 0 aliphatic heterocycles. The van der Waals surface area contributed by atoms with E-state index in [4.69, 9.17) is 16.3 Å². The largest absolute Gasteiger partial charge is 0.385 e. The Labute approximate surface area is 113 Å². The lowest BCUT2D eigenvalue weighted by Crippen LogP contribution is -2.38. The van der Waals surface area contributed by atoms with Gasteiger partial charge in [0.05, 0.1) is 0 Å². The van der Waals surface area contributed by atoms with Crippen LogP contribution >= 0.6 is 11.6 Å². The summed E-state index contributed by atoms with van der Waals surface area (Å²) >= 11 is 5.79. The van der Waals surface area contributed by atoms with Gasteiger partial charge in [-0.3, -0.25) is 4.79 Å². The molecule has 1 rings (SSSR count). The Hall–Kier alpha value is -1.26. The summed E-state index contributed by atoms with van der Waals surface area (Å²) in [6.45, 7) is 3.10. The summed E-state index contributed by atoms with van der Waals surface area (Å²) in [5.41, 5.74) is 0.874. The van der Waals surface area contributed by atoms with Crippen LogP contribution in [0.5, 0.6) is 0 Å². The third-order valence-electron chi connectivity index (χ3n) is 2.45. The van der Waals surface area contributed by atoms with E-state index in [2.05, 4.69) is 10.6 Å². The highest BCUT2D eigenvalue weighted by Gasteiger charge is 2.11. The zero-order valence-electron chi connectivity index (χ0n) is 10.7. The van der Waals surface area contributed by atoms with Crippen molar-refractivity contribution >= 4 is 23.2 Å². The van der Waals surface area contributed by atoms with Crippen molar-refractivity contribution in [2.24, 2.45) is 0 Å². The number of hydrogen-bond donors (Lipinski definition) is 2. The number of methoxy groups -OCH3 is 1. The van der Waals surface area contributed by atoms with E-state index in [9.17, 15) is 4.79 Å². The molecule has 5 heteroatoms. The lowest BCUT2D eigenvalue weighted by molar-refractivity contribution is -0.121. The van der Waals surface area contributed by atoms with Crippen LogP contribution in [0.1, 0.15) is 13.3 Å². The number of nitrogens with one attached hydrogen (secondary N) is 2. The Morgan fingerprint density at radius 1 is 1.39 bits per heavy atom. The molecule has 0 aromatic heterocycles. The van der Waals surface area contributed by atoms with E-state index in [1.807, 2.05) is 19.1 Å². The molecule has 0 aliphatic carbocycles. The van der Waals surface area contributed by atoms with Crippen LogP contribution in [0, 0.1) is 0 Å². The molecule has 0 fully saturated rings. The minimum Gasteiger partial charge on any atom is -0.385 e. The summed E-state index contributed by atoms with van der Waals surface area (Å²) in [6, 6.07) is 6.97. The number of benzene rings is 1. The zero-order chi connectivity index (χ0) is 13.4. The summed E-state index contributed by atoms with van der Waals surface area (Å²) in [4.78, 5) is 11.7. The molecule has 18 heavy (non-hydrogen) atoms. The normalized spacial score (nSPS) is 11.9. The SMILES string of the molecule is COCCCNC(=O)C(C)Nc1ccc(Cl)cc1. The smallest absolute Gasteiger partial charge is 0.242 e. The lowest BCUT2D eigenvalue weighted by Gasteiger charge is -2.15. The highest BCUT2D eigenvalue weighted by atomic mass is 35.5. The van der Waals surface area contributed by atoms with Crippen molar-refractivity contribution in [1.82, 2.24) is 5.32 Å². The molecule has 0 heterocycles. The van der Waals surface area contributed by atoms with E-state index < -0.39 is 0 Å². The molecule has 1 unspecified atom stereocenters. The molecule has 1 amide bonds. The zero-order valence-corrected chi connectivity index (χ0v) is 11.5. The average molecular weight is 271 g/mol. The number of hydrogen-bond acceptors (Lipinski definition) is 3. The second-order valence-corrected chi connectivity index (χ2v) is 4.45. The van der Waals surface area contributed by atoms with Gasteiger partial charge in [-0.2, -0.15) is 0 Å². The van der Waals surface area contributed by atoms with Gasteiger partial charge in [0.1, 0.15) is 6.04 Å². The average Bonchev–Trinajstić information content (AvgIpc) is 2.37. The van der Waals surface area contributed by atoms with E-state index in [-0.39, 0.29) is 11.9 Å². The third-order valence-corrected chi connectivity index (χ3v) is 2.70. The number of carbonyl (C=O) groups is 1. The maximum atomic E-state index is 11.7. The van der Waals surface area contributed by atoms with Crippen molar-refractivity contribution in [3.63, 3.8) is 0 Å². The molecule has 2 N–H and O–H groups in total. The summed E-state index contributed by atoms with van der Waals surface area (Å²) in [6.07, 6.45) is 0.815. The first-order valence-electron chi connectivity index (χ1n) is 5.92. The summed E-state index contributed by atoms with van der Waals surface area (Å²) in [7, 11) is 1.65. The van der Waals surface area contributed by atoms with Crippen molar-refractivity contribution in [2.45, 2.75) is 19.4 Å². The lowest BCUT2D eigenvalue weighted by atomic mass is 10.2. The third kappa shape index (κ3) is 5.38. The van der Waals surface area contributed by atoms with Crippen molar-refractivity contribution in [2.75, 3.05) is 25.6 Å². The Bertz CT molecular complexity index is 368. The molecule has 4 nitrogen and oxygen atoms in total. The van der Waals surface area contributed by atoms with E-state index in [0.29, 0.717) is 18.2 Å². The summed E-state index contributed by atoms with van der Waals surface area (Å²) in [5, 5.41) is 6.63. The quantitative estimate of drug-likeness (QED) is 0.748. The number of ether oxygens (including phenoxy) is 1. The maximum absolute atomic E-state index is 11.7. The Morgan fingerprint density at radius 2 is 2.06 bits per heavy atom. The highest BCUT2D eigenvalue weighted by Crippen LogP contribution is 2.14. The minimum atomic E-state index is -0.284. The predicted molar refractivity (Wildman–Crippen MR) is 74.0 cm³/mol. The first kappa shape index (κ1) is 14.8. The van der Waals surface area contributed by atoms with Crippen LogP contribution in [0.3, 0.4) is 0 Å². The number of amides is 1. The molecule has 1 aromatic rings. The fourth-order valence-electron chi connectivity index (χ4n) is 1.44. The van der Waals surface area contributed by atoms with Crippen LogP contribution in [-0.4, -0.2) is 32.2 Å². The van der Waals surface area contributed by atoms with Crippen LogP contribution in [0.15, 0.2) is 24.3 Å². The maximum Gasteiger partial charge on any atom is 0.242 e. The summed E-state index contributed by atoms with van der Waals surface area (Å²) in [5.74, 6) is -0.0268. The van der Waals surface area contributed by atoms with E-state index in [0.717, 1.165) is 12.1 Å². The van der Waals surface area contributed by atoms with Gasteiger partial charge in [0.2, 0.25) is 5.91 Å². The van der Waals surface area contributed by atoms with E-state index in [1.54, 1.807) is 19.2 Å². The van der Waals surface area contributed by atoms with Gasteiger partial charge < -0.3 is 15.4 Å². The Balaban J connectivity index is 2.33. The second kappa shape index (κ2) is 7.95. The topological polar surface area (TPSA) is 50.4 Å². The molecule has 0 bridgehead atoms. The van der Waals surface area contributed by atoms with Gasteiger partial charge in [0, 0.05) is 31.0 Å². The van der Waals surface area contributed by atoms with Crippen LogP contribution in [0.2, 0.25) is 5.02 Å². The Morgan fingerprint density at radius 3 is 2.67 bits per heavy atom. The summed E-state index contributed by atoms with van der Waals surface area (Å²) < 4.78 is 4.91. The molecular formula is C13H19ClN2O2. The first-order valence-corrected chi connectivity index (χ1v) is 6.30. The van der Waals surface area contributed by atoms with Gasteiger partial charge in [-0.15, -0.1) is 0 Å².